The first-order valence-electron chi connectivity index (χ1n) is 6.59. The van der Waals surface area contributed by atoms with Crippen LogP contribution in [0.15, 0.2) is 52.9 Å². The lowest BCUT2D eigenvalue weighted by molar-refractivity contribution is 0.102. The van der Waals surface area contributed by atoms with Crippen LogP contribution in [0, 0.1) is 12.7 Å². The zero-order valence-electron chi connectivity index (χ0n) is 11.7. The minimum absolute atomic E-state index is 0.0372. The quantitative estimate of drug-likeness (QED) is 0.804. The molecular weight excluding hydrogens is 285 g/mol. The first kappa shape index (κ1) is 13.9. The smallest absolute Gasteiger partial charge is 0.322 e. The summed E-state index contributed by atoms with van der Waals surface area (Å²) in [4.78, 5) is 12.0. The molecule has 0 unspecified atom stereocenters. The summed E-state index contributed by atoms with van der Waals surface area (Å²) >= 11 is 0. The summed E-state index contributed by atoms with van der Waals surface area (Å²) in [5, 5.41) is 10.1. The average Bonchev–Trinajstić information content (AvgIpc) is 2.96. The summed E-state index contributed by atoms with van der Waals surface area (Å²) in [6.45, 7) is 1.97. The van der Waals surface area contributed by atoms with Crippen LogP contribution in [0.3, 0.4) is 0 Å². The largest absolute Gasteiger partial charge is 0.403 e. The van der Waals surface area contributed by atoms with Gasteiger partial charge in [0.15, 0.2) is 0 Å². The first-order chi connectivity index (χ1) is 10.6. The van der Waals surface area contributed by atoms with Crippen LogP contribution in [0.2, 0.25) is 0 Å². The molecule has 5 nitrogen and oxygen atoms in total. The molecule has 2 aromatic carbocycles. The topological polar surface area (TPSA) is 68.0 Å². The fraction of sp³-hybridized carbons (Fsp3) is 0.0625. The number of halogens is 1. The summed E-state index contributed by atoms with van der Waals surface area (Å²) < 4.78 is 18.5. The number of carbonyl (C=O) groups excluding carboxylic acids is 1. The van der Waals surface area contributed by atoms with Crippen molar-refractivity contribution in [1.29, 1.82) is 0 Å². The van der Waals surface area contributed by atoms with Crippen molar-refractivity contribution in [3.63, 3.8) is 0 Å². The molecule has 0 fully saturated rings. The fourth-order valence-electron chi connectivity index (χ4n) is 1.89. The second-order valence-electron chi connectivity index (χ2n) is 4.74. The standard InChI is InChI=1S/C16H12FN3O2/c1-10-5-7-11(8-6-10)15-19-20-16(22-15)18-14(21)12-3-2-4-13(17)9-12/h2-9H,1H3,(H,18,20,21). The van der Waals surface area contributed by atoms with Gasteiger partial charge in [-0.05, 0) is 37.3 Å². The van der Waals surface area contributed by atoms with Gasteiger partial charge in [-0.2, -0.15) is 0 Å². The van der Waals surface area contributed by atoms with Gasteiger partial charge in [-0.15, -0.1) is 5.10 Å². The number of anilines is 1. The molecule has 0 atom stereocenters. The molecule has 0 radical (unpaired) electrons. The molecule has 1 amide bonds. The van der Waals surface area contributed by atoms with Crippen molar-refractivity contribution in [2.75, 3.05) is 5.32 Å². The molecule has 3 rings (SSSR count). The predicted molar refractivity (Wildman–Crippen MR) is 78.8 cm³/mol. The molecule has 0 aliphatic carbocycles. The molecule has 1 heterocycles. The third kappa shape index (κ3) is 3.01. The number of rotatable bonds is 3. The molecule has 0 spiro atoms. The van der Waals surface area contributed by atoms with Gasteiger partial charge < -0.3 is 4.42 Å². The van der Waals surface area contributed by atoms with E-state index in [9.17, 15) is 9.18 Å². The van der Waals surface area contributed by atoms with Crippen LogP contribution in [0.1, 0.15) is 15.9 Å². The molecule has 0 aliphatic rings. The van der Waals surface area contributed by atoms with Crippen molar-refractivity contribution in [1.82, 2.24) is 10.2 Å². The van der Waals surface area contributed by atoms with Crippen molar-refractivity contribution in [3.8, 4) is 11.5 Å². The Kier molecular flexibility index (Phi) is 3.65. The Morgan fingerprint density at radius 2 is 1.91 bits per heavy atom. The summed E-state index contributed by atoms with van der Waals surface area (Å²) in [5.41, 5.74) is 2.04. The van der Waals surface area contributed by atoms with E-state index in [4.69, 9.17) is 4.42 Å². The number of amides is 1. The summed E-state index contributed by atoms with van der Waals surface area (Å²) in [5.74, 6) is -0.702. The van der Waals surface area contributed by atoms with Crippen LogP contribution in [0.25, 0.3) is 11.5 Å². The normalized spacial score (nSPS) is 10.5. The Hall–Kier alpha value is -3.02. The number of benzene rings is 2. The SMILES string of the molecule is Cc1ccc(-c2nnc(NC(=O)c3cccc(F)c3)o2)cc1. The lowest BCUT2D eigenvalue weighted by Gasteiger charge is -2.00. The highest BCUT2D eigenvalue weighted by atomic mass is 19.1. The van der Waals surface area contributed by atoms with Gasteiger partial charge >= 0.3 is 6.01 Å². The van der Waals surface area contributed by atoms with Gasteiger partial charge in [-0.1, -0.05) is 28.9 Å². The highest BCUT2D eigenvalue weighted by Crippen LogP contribution is 2.20. The van der Waals surface area contributed by atoms with E-state index < -0.39 is 11.7 Å². The Balaban J connectivity index is 1.77. The lowest BCUT2D eigenvalue weighted by Crippen LogP contribution is -2.12. The Bertz CT molecular complexity index is 812. The van der Waals surface area contributed by atoms with Gasteiger partial charge in [0.2, 0.25) is 5.89 Å². The van der Waals surface area contributed by atoms with Crippen molar-refractivity contribution in [2.24, 2.45) is 0 Å². The van der Waals surface area contributed by atoms with E-state index >= 15 is 0 Å². The highest BCUT2D eigenvalue weighted by Gasteiger charge is 2.13. The van der Waals surface area contributed by atoms with Gasteiger partial charge in [0.05, 0.1) is 0 Å². The molecule has 6 heteroatoms. The maximum absolute atomic E-state index is 13.1. The van der Waals surface area contributed by atoms with Crippen molar-refractivity contribution in [2.45, 2.75) is 6.92 Å². The molecule has 22 heavy (non-hydrogen) atoms. The van der Waals surface area contributed by atoms with Crippen molar-refractivity contribution in [3.05, 3.63) is 65.5 Å². The molecule has 3 aromatic rings. The fourth-order valence-corrected chi connectivity index (χ4v) is 1.89. The minimum atomic E-state index is -0.515. The van der Waals surface area contributed by atoms with E-state index in [1.165, 1.54) is 18.2 Å². The summed E-state index contributed by atoms with van der Waals surface area (Å²) in [7, 11) is 0. The van der Waals surface area contributed by atoms with Gasteiger partial charge in [-0.3, -0.25) is 10.1 Å². The van der Waals surface area contributed by atoms with Gasteiger partial charge in [0, 0.05) is 11.1 Å². The van der Waals surface area contributed by atoms with E-state index in [1.807, 2.05) is 31.2 Å². The van der Waals surface area contributed by atoms with E-state index in [2.05, 4.69) is 15.5 Å². The maximum atomic E-state index is 13.1. The van der Waals surface area contributed by atoms with Crippen LogP contribution >= 0.6 is 0 Å². The average molecular weight is 297 g/mol. The monoisotopic (exact) mass is 297 g/mol. The third-order valence-electron chi connectivity index (χ3n) is 3.03. The predicted octanol–water partition coefficient (Wildman–Crippen LogP) is 3.44. The Morgan fingerprint density at radius 3 is 2.64 bits per heavy atom. The van der Waals surface area contributed by atoms with Crippen LogP contribution in [0.5, 0.6) is 0 Å². The summed E-state index contributed by atoms with van der Waals surface area (Å²) in [6, 6.07) is 12.8. The van der Waals surface area contributed by atoms with Gasteiger partial charge in [0.25, 0.3) is 5.91 Å². The van der Waals surface area contributed by atoms with Crippen LogP contribution < -0.4 is 5.32 Å². The zero-order chi connectivity index (χ0) is 15.5. The van der Waals surface area contributed by atoms with Crippen LogP contribution in [-0.2, 0) is 0 Å². The molecule has 1 aromatic heterocycles. The van der Waals surface area contributed by atoms with Crippen LogP contribution in [-0.4, -0.2) is 16.1 Å². The second-order valence-corrected chi connectivity index (χ2v) is 4.74. The molecule has 0 saturated carbocycles. The molecule has 1 N–H and O–H groups in total. The zero-order valence-corrected chi connectivity index (χ0v) is 11.7. The third-order valence-corrected chi connectivity index (χ3v) is 3.03. The lowest BCUT2D eigenvalue weighted by atomic mass is 10.1. The number of hydrogen-bond donors (Lipinski definition) is 1. The van der Waals surface area contributed by atoms with Crippen molar-refractivity contribution < 1.29 is 13.6 Å². The number of hydrogen-bond acceptors (Lipinski definition) is 4. The van der Waals surface area contributed by atoms with Crippen LogP contribution in [0.4, 0.5) is 10.4 Å². The Labute approximate surface area is 125 Å². The number of carbonyl (C=O) groups is 1. The van der Waals surface area contributed by atoms with Crippen molar-refractivity contribution >= 4 is 11.9 Å². The van der Waals surface area contributed by atoms with Gasteiger partial charge in [-0.25, -0.2) is 4.39 Å². The van der Waals surface area contributed by atoms with E-state index in [-0.39, 0.29) is 11.6 Å². The molecule has 0 bridgehead atoms. The van der Waals surface area contributed by atoms with E-state index in [0.29, 0.717) is 5.89 Å². The minimum Gasteiger partial charge on any atom is -0.403 e. The number of nitrogens with one attached hydrogen (secondary N) is 1. The summed E-state index contributed by atoms with van der Waals surface area (Å²) in [6.07, 6.45) is 0. The molecule has 0 aliphatic heterocycles. The van der Waals surface area contributed by atoms with E-state index in [0.717, 1.165) is 17.2 Å². The molecular formula is C16H12FN3O2. The maximum Gasteiger partial charge on any atom is 0.322 e. The molecule has 110 valence electrons. The van der Waals surface area contributed by atoms with Gasteiger partial charge in [0.1, 0.15) is 5.82 Å². The number of aryl methyl sites for hydroxylation is 1. The highest BCUT2D eigenvalue weighted by molar-refractivity contribution is 6.03. The van der Waals surface area contributed by atoms with E-state index in [1.54, 1.807) is 0 Å². The molecule has 0 saturated heterocycles. The second kappa shape index (κ2) is 5.77. The first-order valence-corrected chi connectivity index (χ1v) is 6.59. The number of aromatic nitrogens is 2. The Morgan fingerprint density at radius 1 is 1.14 bits per heavy atom. The number of nitrogens with zero attached hydrogens (tertiary/aromatic N) is 2.